The first kappa shape index (κ1) is 23.7. The van der Waals surface area contributed by atoms with Gasteiger partial charge in [0.2, 0.25) is 0 Å². The minimum absolute atomic E-state index is 0.154. The summed E-state index contributed by atoms with van der Waals surface area (Å²) in [5.74, 6) is 0.321. The van der Waals surface area contributed by atoms with Crippen molar-refractivity contribution in [1.82, 2.24) is 10.2 Å². The molecular weight excluding hydrogens is 449 g/mol. The van der Waals surface area contributed by atoms with Crippen LogP contribution in [0.25, 0.3) is 0 Å². The summed E-state index contributed by atoms with van der Waals surface area (Å²) < 4.78 is 14.1. The topological polar surface area (TPSA) is 91.6 Å². The first-order chi connectivity index (χ1) is 17.0. The number of para-hydroxylation sites is 1. The fourth-order valence-electron chi connectivity index (χ4n) is 5.74. The Kier molecular flexibility index (Phi) is 6.73. The van der Waals surface area contributed by atoms with Gasteiger partial charge in [-0.2, -0.15) is 4.99 Å². The summed E-state index contributed by atoms with van der Waals surface area (Å²) in [6.07, 6.45) is 6.96. The number of hydrogen-bond acceptors (Lipinski definition) is 6. The van der Waals surface area contributed by atoms with Crippen molar-refractivity contribution in [2.24, 2.45) is 4.99 Å². The molecule has 2 fully saturated rings. The summed E-state index contributed by atoms with van der Waals surface area (Å²) in [6.45, 7) is 1.89. The summed E-state index contributed by atoms with van der Waals surface area (Å²) in [5.41, 5.74) is 1.01. The van der Waals surface area contributed by atoms with E-state index in [2.05, 4.69) is 15.2 Å². The molecule has 2 aromatic rings. The summed E-state index contributed by atoms with van der Waals surface area (Å²) in [4.78, 5) is 21.6. The zero-order valence-corrected chi connectivity index (χ0v) is 19.7. The molecule has 8 nitrogen and oxygen atoms in total. The van der Waals surface area contributed by atoms with Crippen LogP contribution in [0.3, 0.4) is 0 Å². The number of aliphatic imine (C=N–C) groups is 1. The Hall–Kier alpha value is -3.01. The number of anilines is 2. The molecule has 1 aliphatic carbocycles. The van der Waals surface area contributed by atoms with Gasteiger partial charge in [-0.3, -0.25) is 20.2 Å². The third-order valence-electron chi connectivity index (χ3n) is 7.56. The molecule has 1 saturated carbocycles. The molecule has 2 aromatic carbocycles. The number of carbonyl (C=O) groups excluding carboxylic acids is 1. The van der Waals surface area contributed by atoms with Crippen molar-refractivity contribution in [3.05, 3.63) is 59.9 Å². The molecule has 2 amide bonds. The van der Waals surface area contributed by atoms with Gasteiger partial charge in [-0.05, 0) is 55.5 Å². The van der Waals surface area contributed by atoms with Gasteiger partial charge in [0.1, 0.15) is 17.2 Å². The fraction of sp³-hybridized carbons (Fsp3) is 0.462. The predicted octanol–water partition coefficient (Wildman–Crippen LogP) is 4.71. The number of nitrogens with one attached hydrogen (secondary N) is 1. The molecule has 0 aromatic heterocycles. The van der Waals surface area contributed by atoms with Crippen LogP contribution in [0.1, 0.15) is 50.5 Å². The van der Waals surface area contributed by atoms with E-state index in [1.54, 1.807) is 29.2 Å². The lowest BCUT2D eigenvalue weighted by Gasteiger charge is -2.46. The molecule has 35 heavy (non-hydrogen) atoms. The Morgan fingerprint density at radius 1 is 1.06 bits per heavy atom. The number of urea groups is 1. The highest BCUT2D eigenvalue weighted by Gasteiger charge is 2.52. The van der Waals surface area contributed by atoms with E-state index in [0.717, 1.165) is 18.4 Å². The number of halogens is 1. The summed E-state index contributed by atoms with van der Waals surface area (Å²) >= 11 is 0. The van der Waals surface area contributed by atoms with E-state index < -0.39 is 5.54 Å². The molecular formula is C26H32FN5O3. The Balaban J connectivity index is 1.39. The average molecular weight is 482 g/mol. The smallest absolute Gasteiger partial charge is 0.350 e. The molecule has 5 rings (SSSR count). The zero-order valence-electron chi connectivity index (χ0n) is 19.7. The second-order valence-electron chi connectivity index (χ2n) is 9.76. The van der Waals surface area contributed by atoms with Crippen LogP contribution in [-0.4, -0.2) is 51.9 Å². The summed E-state index contributed by atoms with van der Waals surface area (Å²) in [5, 5.41) is 22.9. The van der Waals surface area contributed by atoms with Crippen LogP contribution in [0.2, 0.25) is 0 Å². The Labute approximate surface area is 204 Å². The number of amidine groups is 1. The van der Waals surface area contributed by atoms with E-state index >= 15 is 0 Å². The van der Waals surface area contributed by atoms with Crippen LogP contribution in [0, 0.1) is 5.82 Å². The number of rotatable bonds is 5. The van der Waals surface area contributed by atoms with E-state index in [-0.39, 0.29) is 17.1 Å². The number of hydrogen-bond donors (Lipinski definition) is 3. The summed E-state index contributed by atoms with van der Waals surface area (Å²) in [7, 11) is 0. The normalized spacial score (nSPS) is 20.8. The van der Waals surface area contributed by atoms with Crippen LogP contribution < -0.4 is 15.4 Å². The number of likely N-dealkylation sites (tertiary alicyclic amines) is 1. The molecule has 0 unspecified atom stereocenters. The maximum absolute atomic E-state index is 14.1. The monoisotopic (exact) mass is 481 g/mol. The molecule has 2 heterocycles. The highest BCUT2D eigenvalue weighted by Crippen LogP contribution is 2.39. The van der Waals surface area contributed by atoms with Gasteiger partial charge in [0.25, 0.3) is 0 Å². The molecule has 2 aliphatic heterocycles. The van der Waals surface area contributed by atoms with Gasteiger partial charge in [0.05, 0.1) is 5.69 Å². The minimum atomic E-state index is -0.654. The molecule has 3 aliphatic rings. The van der Waals surface area contributed by atoms with Gasteiger partial charge in [-0.15, -0.1) is 5.23 Å². The predicted molar refractivity (Wildman–Crippen MR) is 131 cm³/mol. The minimum Gasteiger partial charge on any atom is -0.369 e. The molecule has 1 spiro atoms. The highest BCUT2D eigenvalue weighted by molar-refractivity contribution is 6.16. The van der Waals surface area contributed by atoms with Gasteiger partial charge >= 0.3 is 6.03 Å². The Bertz CT molecular complexity index is 1090. The molecule has 186 valence electrons. The number of carbonyl (C=O) groups is 1. The lowest BCUT2D eigenvalue weighted by molar-refractivity contribution is 0.0281. The maximum atomic E-state index is 14.1. The number of amides is 2. The van der Waals surface area contributed by atoms with Crippen molar-refractivity contribution < 1.29 is 19.6 Å². The van der Waals surface area contributed by atoms with Crippen LogP contribution >= 0.6 is 0 Å². The molecule has 0 bridgehead atoms. The van der Waals surface area contributed by atoms with E-state index in [0.29, 0.717) is 55.7 Å². The fourth-order valence-corrected chi connectivity index (χ4v) is 5.74. The summed E-state index contributed by atoms with van der Waals surface area (Å²) in [6, 6.07) is 13.3. The van der Waals surface area contributed by atoms with Gasteiger partial charge in [0, 0.05) is 31.4 Å². The van der Waals surface area contributed by atoms with Crippen molar-refractivity contribution in [3.63, 3.8) is 0 Å². The number of benzene rings is 2. The van der Waals surface area contributed by atoms with Gasteiger partial charge in [-0.1, -0.05) is 43.5 Å². The van der Waals surface area contributed by atoms with Crippen LogP contribution in [0.15, 0.2) is 53.5 Å². The second-order valence-corrected chi connectivity index (χ2v) is 9.76. The van der Waals surface area contributed by atoms with E-state index in [1.165, 1.54) is 31.4 Å². The first-order valence-electron chi connectivity index (χ1n) is 12.4. The SMILES string of the molecule is O=C1N=C(NC2CCCCC2)C2(CCN(Cc3ccccc3N(O)O)CC2)N1c1cccc(F)c1. The van der Waals surface area contributed by atoms with E-state index in [9.17, 15) is 19.6 Å². The lowest BCUT2D eigenvalue weighted by Crippen LogP contribution is -2.62. The van der Waals surface area contributed by atoms with Crippen LogP contribution in [0.5, 0.6) is 0 Å². The third kappa shape index (κ3) is 4.76. The van der Waals surface area contributed by atoms with Crippen molar-refractivity contribution in [2.45, 2.75) is 63.1 Å². The molecule has 0 radical (unpaired) electrons. The van der Waals surface area contributed by atoms with E-state index in [1.807, 2.05) is 12.1 Å². The lowest BCUT2D eigenvalue weighted by atomic mass is 9.83. The molecule has 1 saturated heterocycles. The van der Waals surface area contributed by atoms with Gasteiger partial charge < -0.3 is 5.32 Å². The Morgan fingerprint density at radius 2 is 1.80 bits per heavy atom. The second kappa shape index (κ2) is 9.93. The van der Waals surface area contributed by atoms with Gasteiger partial charge in [-0.25, -0.2) is 9.18 Å². The van der Waals surface area contributed by atoms with Crippen molar-refractivity contribution in [1.29, 1.82) is 0 Å². The van der Waals surface area contributed by atoms with Crippen molar-refractivity contribution >= 4 is 23.2 Å². The van der Waals surface area contributed by atoms with Crippen LogP contribution in [0.4, 0.5) is 20.6 Å². The van der Waals surface area contributed by atoms with Crippen LogP contribution in [-0.2, 0) is 6.54 Å². The Morgan fingerprint density at radius 3 is 2.51 bits per heavy atom. The highest BCUT2D eigenvalue weighted by atomic mass is 19.1. The maximum Gasteiger partial charge on any atom is 0.350 e. The molecule has 3 N–H and O–H groups in total. The largest absolute Gasteiger partial charge is 0.369 e. The zero-order chi connectivity index (χ0) is 24.4. The average Bonchev–Trinajstić information content (AvgIpc) is 3.11. The third-order valence-corrected chi connectivity index (χ3v) is 7.56. The number of nitrogens with zero attached hydrogens (tertiary/aromatic N) is 4. The van der Waals surface area contributed by atoms with E-state index in [4.69, 9.17) is 0 Å². The quantitative estimate of drug-likeness (QED) is 0.536. The molecule has 9 heteroatoms. The van der Waals surface area contributed by atoms with Crippen molar-refractivity contribution in [2.75, 3.05) is 23.2 Å². The molecule has 0 atom stereocenters. The van der Waals surface area contributed by atoms with Crippen molar-refractivity contribution in [3.8, 4) is 0 Å². The first-order valence-corrected chi connectivity index (χ1v) is 12.4. The standard InChI is InChI=1S/C26H32FN5O3/c27-20-8-6-11-22(17-20)31-25(33)29-24(28-21-9-2-1-3-10-21)26(31)13-15-30(16-14-26)18-19-7-4-5-12-23(19)32(34)35/h4-8,11-12,17,21,34-35H,1-3,9-10,13-16,18H2,(H,28,29,33). The number of piperidine rings is 1. The van der Waals surface area contributed by atoms with Gasteiger partial charge in [0.15, 0.2) is 0 Å².